The van der Waals surface area contributed by atoms with Gasteiger partial charge in [-0.2, -0.15) is 0 Å². The molecule has 1 aliphatic carbocycles. The predicted octanol–water partition coefficient (Wildman–Crippen LogP) is 3.83. The van der Waals surface area contributed by atoms with Gasteiger partial charge in [0.15, 0.2) is 11.6 Å². The van der Waals surface area contributed by atoms with Gasteiger partial charge >= 0.3 is 0 Å². The van der Waals surface area contributed by atoms with Crippen molar-refractivity contribution < 1.29 is 0 Å². The first-order chi connectivity index (χ1) is 9.72. The molecule has 0 amide bonds. The first-order valence-corrected chi connectivity index (χ1v) is 6.89. The molecule has 0 fully saturated rings. The number of benzene rings is 1. The van der Waals surface area contributed by atoms with E-state index in [-0.39, 0.29) is 0 Å². The van der Waals surface area contributed by atoms with Gasteiger partial charge in [0.25, 0.3) is 0 Å². The molecule has 0 N–H and O–H groups in total. The van der Waals surface area contributed by atoms with E-state index in [1.165, 1.54) is 0 Å². The summed E-state index contributed by atoms with van der Waals surface area (Å²) in [4.78, 5) is 13.5. The zero-order valence-electron chi connectivity index (χ0n) is 11.7. The van der Waals surface area contributed by atoms with Gasteiger partial charge in [-0.3, -0.25) is 0 Å². The summed E-state index contributed by atoms with van der Waals surface area (Å²) in [5.41, 5.74) is 2.11. The van der Waals surface area contributed by atoms with Gasteiger partial charge in [0, 0.05) is 11.1 Å². The van der Waals surface area contributed by atoms with Crippen molar-refractivity contribution in [2.24, 2.45) is 5.92 Å². The fourth-order valence-corrected chi connectivity index (χ4v) is 2.32. The standard InChI is InChI=1S/C17H17N3/c1-12-7-6-10-15(11-12)17-19-13(2)18-16(20-17)14-8-4-3-5-9-14/h3-6,8-12H,7H2,1-2H3/t12-/m1/s1. The summed E-state index contributed by atoms with van der Waals surface area (Å²) >= 11 is 0. The smallest absolute Gasteiger partial charge is 0.163 e. The molecule has 0 saturated heterocycles. The lowest BCUT2D eigenvalue weighted by atomic mass is 9.97. The maximum Gasteiger partial charge on any atom is 0.163 e. The summed E-state index contributed by atoms with van der Waals surface area (Å²) in [5, 5.41) is 0. The Kier molecular flexibility index (Phi) is 3.42. The molecule has 100 valence electrons. The lowest BCUT2D eigenvalue weighted by Gasteiger charge is -2.12. The highest BCUT2D eigenvalue weighted by Crippen LogP contribution is 2.23. The van der Waals surface area contributed by atoms with E-state index in [0.717, 1.165) is 35.0 Å². The number of hydrogen-bond acceptors (Lipinski definition) is 3. The molecule has 2 aromatic rings. The van der Waals surface area contributed by atoms with Gasteiger partial charge in [0.2, 0.25) is 0 Å². The van der Waals surface area contributed by atoms with Gasteiger partial charge in [0.05, 0.1) is 0 Å². The van der Waals surface area contributed by atoms with Crippen LogP contribution in [0.25, 0.3) is 17.0 Å². The highest BCUT2D eigenvalue weighted by atomic mass is 15.0. The van der Waals surface area contributed by atoms with Gasteiger partial charge in [-0.05, 0) is 19.3 Å². The van der Waals surface area contributed by atoms with Gasteiger partial charge in [-0.15, -0.1) is 0 Å². The van der Waals surface area contributed by atoms with Crippen LogP contribution in [0.2, 0.25) is 0 Å². The number of hydrogen-bond donors (Lipinski definition) is 0. The van der Waals surface area contributed by atoms with Crippen molar-refractivity contribution in [2.75, 3.05) is 0 Å². The summed E-state index contributed by atoms with van der Waals surface area (Å²) in [6.07, 6.45) is 7.59. The summed E-state index contributed by atoms with van der Waals surface area (Å²) in [6, 6.07) is 10.0. The fraction of sp³-hybridized carbons (Fsp3) is 0.235. The van der Waals surface area contributed by atoms with E-state index in [1.54, 1.807) is 0 Å². The van der Waals surface area contributed by atoms with Crippen molar-refractivity contribution in [2.45, 2.75) is 20.3 Å². The molecule has 1 aliphatic rings. The average Bonchev–Trinajstić information content (AvgIpc) is 2.47. The summed E-state index contributed by atoms with van der Waals surface area (Å²) in [7, 11) is 0. The lowest BCUT2D eigenvalue weighted by Crippen LogP contribution is -2.04. The minimum atomic E-state index is 0.534. The summed E-state index contributed by atoms with van der Waals surface area (Å²) < 4.78 is 0. The monoisotopic (exact) mass is 263 g/mol. The van der Waals surface area contributed by atoms with Crippen LogP contribution in [-0.2, 0) is 0 Å². The third-order valence-electron chi connectivity index (χ3n) is 3.31. The third-order valence-corrected chi connectivity index (χ3v) is 3.31. The molecule has 1 atom stereocenters. The Hall–Kier alpha value is -2.29. The Morgan fingerprint density at radius 3 is 2.50 bits per heavy atom. The number of aromatic nitrogens is 3. The second kappa shape index (κ2) is 5.37. The predicted molar refractivity (Wildman–Crippen MR) is 80.9 cm³/mol. The lowest BCUT2D eigenvalue weighted by molar-refractivity contribution is 0.738. The molecule has 1 aromatic heterocycles. The molecule has 3 nitrogen and oxygen atoms in total. The zero-order valence-corrected chi connectivity index (χ0v) is 11.7. The van der Waals surface area contributed by atoms with Crippen LogP contribution in [0.5, 0.6) is 0 Å². The van der Waals surface area contributed by atoms with Crippen molar-refractivity contribution in [1.29, 1.82) is 0 Å². The van der Waals surface area contributed by atoms with Crippen LogP contribution in [0, 0.1) is 12.8 Å². The number of rotatable bonds is 2. The second-order valence-electron chi connectivity index (χ2n) is 5.13. The summed E-state index contributed by atoms with van der Waals surface area (Å²) in [5.74, 6) is 2.79. The van der Waals surface area contributed by atoms with Crippen molar-refractivity contribution >= 4 is 5.57 Å². The van der Waals surface area contributed by atoms with Crippen molar-refractivity contribution in [3.05, 3.63) is 60.2 Å². The summed E-state index contributed by atoms with van der Waals surface area (Å²) in [6.45, 7) is 4.11. The Bertz CT molecular complexity index is 672. The molecule has 3 heteroatoms. The van der Waals surface area contributed by atoms with Crippen LogP contribution < -0.4 is 0 Å². The van der Waals surface area contributed by atoms with Gasteiger partial charge in [0.1, 0.15) is 5.82 Å². The minimum absolute atomic E-state index is 0.534. The molecule has 1 heterocycles. The Morgan fingerprint density at radius 1 is 1.00 bits per heavy atom. The van der Waals surface area contributed by atoms with Crippen molar-refractivity contribution in [3.63, 3.8) is 0 Å². The quantitative estimate of drug-likeness (QED) is 0.826. The molecule has 3 rings (SSSR count). The Balaban J connectivity index is 2.06. The second-order valence-corrected chi connectivity index (χ2v) is 5.13. The van der Waals surface area contributed by atoms with Gasteiger partial charge in [-0.25, -0.2) is 15.0 Å². The highest BCUT2D eigenvalue weighted by molar-refractivity contribution is 5.71. The van der Waals surface area contributed by atoms with E-state index in [2.05, 4.69) is 40.1 Å². The van der Waals surface area contributed by atoms with E-state index in [4.69, 9.17) is 0 Å². The third kappa shape index (κ3) is 2.67. The van der Waals surface area contributed by atoms with E-state index in [9.17, 15) is 0 Å². The van der Waals surface area contributed by atoms with Crippen LogP contribution >= 0.6 is 0 Å². The average molecular weight is 263 g/mol. The topological polar surface area (TPSA) is 38.7 Å². The molecule has 0 aliphatic heterocycles. The Labute approximate surface area is 119 Å². The van der Waals surface area contributed by atoms with Gasteiger partial charge < -0.3 is 0 Å². The largest absolute Gasteiger partial charge is 0.213 e. The molecule has 1 aromatic carbocycles. The van der Waals surface area contributed by atoms with E-state index >= 15 is 0 Å². The van der Waals surface area contributed by atoms with Crippen molar-refractivity contribution in [1.82, 2.24) is 15.0 Å². The highest BCUT2D eigenvalue weighted by Gasteiger charge is 2.12. The first-order valence-electron chi connectivity index (χ1n) is 6.89. The molecule has 0 spiro atoms. The van der Waals surface area contributed by atoms with Gasteiger partial charge in [-0.1, -0.05) is 55.5 Å². The maximum absolute atomic E-state index is 4.62. The minimum Gasteiger partial charge on any atom is -0.213 e. The first kappa shape index (κ1) is 12.7. The van der Waals surface area contributed by atoms with Crippen molar-refractivity contribution in [3.8, 4) is 11.4 Å². The number of aryl methyl sites for hydroxylation is 1. The molecule has 0 saturated carbocycles. The normalized spacial score (nSPS) is 17.9. The number of allylic oxidation sites excluding steroid dienone is 4. The molecular weight excluding hydrogens is 246 g/mol. The van der Waals surface area contributed by atoms with E-state index in [0.29, 0.717) is 5.92 Å². The van der Waals surface area contributed by atoms with Crippen LogP contribution in [0.3, 0.4) is 0 Å². The van der Waals surface area contributed by atoms with Crippen LogP contribution in [-0.4, -0.2) is 15.0 Å². The molecule has 0 radical (unpaired) electrons. The Morgan fingerprint density at radius 2 is 1.75 bits per heavy atom. The molecular formula is C17H17N3. The SMILES string of the molecule is Cc1nc(C2=C[C@H](C)CC=C2)nc(-c2ccccc2)n1. The van der Waals surface area contributed by atoms with Crippen LogP contribution in [0.4, 0.5) is 0 Å². The zero-order chi connectivity index (χ0) is 13.9. The van der Waals surface area contributed by atoms with E-state index in [1.807, 2.05) is 37.3 Å². The van der Waals surface area contributed by atoms with Crippen LogP contribution in [0.15, 0.2) is 48.6 Å². The molecule has 0 bridgehead atoms. The molecule has 20 heavy (non-hydrogen) atoms. The fourth-order valence-electron chi connectivity index (χ4n) is 2.32. The van der Waals surface area contributed by atoms with Crippen LogP contribution in [0.1, 0.15) is 25.0 Å². The maximum atomic E-state index is 4.62. The molecule has 0 unspecified atom stereocenters. The van der Waals surface area contributed by atoms with E-state index < -0.39 is 0 Å². The number of nitrogens with zero attached hydrogens (tertiary/aromatic N) is 3.